The minimum absolute atomic E-state index is 0.0836. The number of hydrogen-bond donors (Lipinski definition) is 0. The van der Waals surface area contributed by atoms with Crippen molar-refractivity contribution in [3.8, 4) is 11.5 Å². The molecule has 1 aromatic rings. The third-order valence-electron chi connectivity index (χ3n) is 2.56. The maximum absolute atomic E-state index is 11.2. The van der Waals surface area contributed by atoms with E-state index < -0.39 is 5.79 Å². The van der Waals surface area contributed by atoms with Gasteiger partial charge in [0.25, 0.3) is 0 Å². The van der Waals surface area contributed by atoms with Crippen LogP contribution in [0.3, 0.4) is 0 Å². The zero-order valence-electron chi connectivity index (χ0n) is 11.6. The van der Waals surface area contributed by atoms with E-state index in [0.717, 1.165) is 5.56 Å². The lowest BCUT2D eigenvalue weighted by Crippen LogP contribution is -2.30. The maximum atomic E-state index is 11.2. The SMILES string of the molecule is COc1ccc(CC(C)=O)c(OC(C)(C)OC)c1. The number of rotatable bonds is 6. The number of hydrogen-bond acceptors (Lipinski definition) is 4. The van der Waals surface area contributed by atoms with E-state index >= 15 is 0 Å². The van der Waals surface area contributed by atoms with Crippen LogP contribution >= 0.6 is 0 Å². The molecule has 0 unspecified atom stereocenters. The Morgan fingerprint density at radius 2 is 1.94 bits per heavy atom. The maximum Gasteiger partial charge on any atom is 0.204 e. The highest BCUT2D eigenvalue weighted by atomic mass is 16.7. The van der Waals surface area contributed by atoms with Gasteiger partial charge in [-0.05, 0) is 13.0 Å². The van der Waals surface area contributed by atoms with Crippen molar-refractivity contribution in [2.45, 2.75) is 33.0 Å². The predicted octanol–water partition coefficient (Wildman–Crippen LogP) is 2.59. The van der Waals surface area contributed by atoms with Crippen LogP contribution in [-0.2, 0) is 16.0 Å². The minimum atomic E-state index is -0.752. The van der Waals surface area contributed by atoms with Crippen LogP contribution in [0.5, 0.6) is 11.5 Å². The van der Waals surface area contributed by atoms with Crippen LogP contribution in [0.15, 0.2) is 18.2 Å². The highest BCUT2D eigenvalue weighted by Gasteiger charge is 2.20. The fraction of sp³-hybridized carbons (Fsp3) is 0.500. The molecular formula is C14H20O4. The zero-order chi connectivity index (χ0) is 13.8. The first kappa shape index (κ1) is 14.5. The summed E-state index contributed by atoms with van der Waals surface area (Å²) in [5.41, 5.74) is 0.827. The number of ether oxygens (including phenoxy) is 3. The van der Waals surface area contributed by atoms with E-state index in [-0.39, 0.29) is 5.78 Å². The highest BCUT2D eigenvalue weighted by Crippen LogP contribution is 2.28. The molecule has 0 bridgehead atoms. The van der Waals surface area contributed by atoms with Gasteiger partial charge >= 0.3 is 0 Å². The summed E-state index contributed by atoms with van der Waals surface area (Å²) >= 11 is 0. The zero-order valence-corrected chi connectivity index (χ0v) is 11.6. The molecule has 0 atom stereocenters. The van der Waals surface area contributed by atoms with Crippen molar-refractivity contribution < 1.29 is 19.0 Å². The fourth-order valence-corrected chi connectivity index (χ4v) is 1.48. The molecule has 0 aromatic heterocycles. The molecule has 0 saturated heterocycles. The van der Waals surface area contributed by atoms with Gasteiger partial charge in [0.2, 0.25) is 5.79 Å². The minimum Gasteiger partial charge on any atom is -0.497 e. The topological polar surface area (TPSA) is 44.8 Å². The van der Waals surface area contributed by atoms with Crippen molar-refractivity contribution in [2.75, 3.05) is 14.2 Å². The summed E-state index contributed by atoms with van der Waals surface area (Å²) in [5, 5.41) is 0. The van der Waals surface area contributed by atoms with E-state index in [0.29, 0.717) is 17.9 Å². The van der Waals surface area contributed by atoms with Gasteiger partial charge in [0.15, 0.2) is 0 Å². The van der Waals surface area contributed by atoms with E-state index in [9.17, 15) is 4.79 Å². The van der Waals surface area contributed by atoms with Crippen LogP contribution in [0.2, 0.25) is 0 Å². The third kappa shape index (κ3) is 4.04. The Morgan fingerprint density at radius 3 is 2.44 bits per heavy atom. The van der Waals surface area contributed by atoms with E-state index in [4.69, 9.17) is 14.2 Å². The van der Waals surface area contributed by atoms with Gasteiger partial charge < -0.3 is 14.2 Å². The molecule has 0 radical (unpaired) electrons. The first-order valence-corrected chi connectivity index (χ1v) is 5.78. The second-order valence-corrected chi connectivity index (χ2v) is 4.56. The van der Waals surface area contributed by atoms with Crippen LogP contribution in [-0.4, -0.2) is 25.8 Å². The molecule has 100 valence electrons. The van der Waals surface area contributed by atoms with Crippen molar-refractivity contribution in [1.29, 1.82) is 0 Å². The average Bonchev–Trinajstić information content (AvgIpc) is 2.30. The number of methoxy groups -OCH3 is 2. The quantitative estimate of drug-likeness (QED) is 0.730. The Kier molecular flexibility index (Phi) is 4.73. The van der Waals surface area contributed by atoms with Crippen molar-refractivity contribution in [2.24, 2.45) is 0 Å². The standard InChI is InChI=1S/C14H20O4/c1-10(15)8-11-6-7-12(16-4)9-13(11)18-14(2,3)17-5/h6-7,9H,8H2,1-5H3. The lowest BCUT2D eigenvalue weighted by atomic mass is 10.1. The molecule has 1 aromatic carbocycles. The summed E-state index contributed by atoms with van der Waals surface area (Å²) in [6, 6.07) is 5.41. The summed E-state index contributed by atoms with van der Waals surface area (Å²) in [5.74, 6) is 0.624. The van der Waals surface area contributed by atoms with E-state index in [1.54, 1.807) is 27.2 Å². The monoisotopic (exact) mass is 252 g/mol. The first-order chi connectivity index (χ1) is 8.38. The van der Waals surface area contributed by atoms with E-state index in [1.165, 1.54) is 0 Å². The van der Waals surface area contributed by atoms with Crippen LogP contribution in [0.1, 0.15) is 26.3 Å². The van der Waals surface area contributed by atoms with Crippen molar-refractivity contribution in [1.82, 2.24) is 0 Å². The lowest BCUT2D eigenvalue weighted by Gasteiger charge is -2.26. The normalized spacial score (nSPS) is 11.2. The van der Waals surface area contributed by atoms with Crippen molar-refractivity contribution in [3.63, 3.8) is 0 Å². The Balaban J connectivity index is 3.07. The number of benzene rings is 1. The van der Waals surface area contributed by atoms with Gasteiger partial charge in [0.1, 0.15) is 17.3 Å². The Hall–Kier alpha value is -1.55. The second-order valence-electron chi connectivity index (χ2n) is 4.56. The summed E-state index contributed by atoms with van der Waals surface area (Å²) in [6.45, 7) is 5.17. The number of Topliss-reactive ketones (excluding diaryl/α,β-unsaturated/α-hetero) is 1. The molecule has 1 rings (SSSR count). The van der Waals surface area contributed by atoms with Gasteiger partial charge in [-0.1, -0.05) is 6.07 Å². The second kappa shape index (κ2) is 5.87. The fourth-order valence-electron chi connectivity index (χ4n) is 1.48. The number of carbonyl (C=O) groups is 1. The highest BCUT2D eigenvalue weighted by molar-refractivity contribution is 5.79. The molecule has 4 heteroatoms. The molecular weight excluding hydrogens is 232 g/mol. The van der Waals surface area contributed by atoms with Crippen molar-refractivity contribution >= 4 is 5.78 Å². The molecule has 0 amide bonds. The van der Waals surface area contributed by atoms with Gasteiger partial charge in [-0.25, -0.2) is 0 Å². The van der Waals surface area contributed by atoms with Gasteiger partial charge in [-0.2, -0.15) is 0 Å². The lowest BCUT2D eigenvalue weighted by molar-refractivity contribution is -0.135. The smallest absolute Gasteiger partial charge is 0.204 e. The summed E-state index contributed by atoms with van der Waals surface area (Å²) < 4.78 is 16.2. The molecule has 0 aliphatic heterocycles. The molecule has 0 heterocycles. The molecule has 18 heavy (non-hydrogen) atoms. The first-order valence-electron chi connectivity index (χ1n) is 5.78. The van der Waals surface area contributed by atoms with Crippen LogP contribution < -0.4 is 9.47 Å². The number of carbonyl (C=O) groups excluding carboxylic acids is 1. The van der Waals surface area contributed by atoms with Gasteiger partial charge in [0, 0.05) is 39.0 Å². The molecule has 0 fully saturated rings. The van der Waals surface area contributed by atoms with Crippen LogP contribution in [0.25, 0.3) is 0 Å². The van der Waals surface area contributed by atoms with Crippen LogP contribution in [0.4, 0.5) is 0 Å². The Labute approximate surface area is 108 Å². The van der Waals surface area contributed by atoms with E-state index in [1.807, 2.05) is 26.0 Å². The molecule has 0 N–H and O–H groups in total. The van der Waals surface area contributed by atoms with Crippen LogP contribution in [0, 0.1) is 0 Å². The summed E-state index contributed by atoms with van der Waals surface area (Å²) in [6.07, 6.45) is 0.332. The molecule has 0 aliphatic carbocycles. The molecule has 0 saturated carbocycles. The van der Waals surface area contributed by atoms with Crippen molar-refractivity contribution in [3.05, 3.63) is 23.8 Å². The Bertz CT molecular complexity index is 424. The largest absolute Gasteiger partial charge is 0.497 e. The number of ketones is 1. The average molecular weight is 252 g/mol. The van der Waals surface area contributed by atoms with Gasteiger partial charge in [0.05, 0.1) is 7.11 Å². The Morgan fingerprint density at radius 1 is 1.28 bits per heavy atom. The predicted molar refractivity (Wildman–Crippen MR) is 69.1 cm³/mol. The molecule has 4 nitrogen and oxygen atoms in total. The third-order valence-corrected chi connectivity index (χ3v) is 2.56. The summed E-state index contributed by atoms with van der Waals surface area (Å²) in [4.78, 5) is 11.2. The van der Waals surface area contributed by atoms with E-state index in [2.05, 4.69) is 0 Å². The summed E-state index contributed by atoms with van der Waals surface area (Å²) in [7, 11) is 3.16. The molecule has 0 aliphatic rings. The van der Waals surface area contributed by atoms with Gasteiger partial charge in [-0.3, -0.25) is 4.79 Å². The van der Waals surface area contributed by atoms with Gasteiger partial charge in [-0.15, -0.1) is 0 Å². The molecule has 0 spiro atoms.